The van der Waals surface area contributed by atoms with Crippen molar-refractivity contribution >= 4 is 50.5 Å². The molecule has 2 aliphatic rings. The third-order valence-electron chi connectivity index (χ3n) is 5.83. The molecule has 0 spiro atoms. The van der Waals surface area contributed by atoms with Gasteiger partial charge >= 0.3 is 6.18 Å². The molecular weight excluding hydrogens is 533 g/mol. The van der Waals surface area contributed by atoms with E-state index in [0.717, 1.165) is 41.3 Å². The third-order valence-corrected chi connectivity index (χ3v) is 6.52. The Bertz CT molecular complexity index is 1210. The van der Waals surface area contributed by atoms with Gasteiger partial charge in [-0.25, -0.2) is 4.98 Å². The molecule has 0 bridgehead atoms. The van der Waals surface area contributed by atoms with Gasteiger partial charge in [0.25, 0.3) is 5.91 Å². The van der Waals surface area contributed by atoms with Crippen LogP contribution in [0.25, 0.3) is 0 Å². The molecule has 11 heteroatoms. The molecule has 178 valence electrons. The minimum absolute atomic E-state index is 0.105. The van der Waals surface area contributed by atoms with Gasteiger partial charge in [-0.05, 0) is 74.7 Å². The van der Waals surface area contributed by atoms with Gasteiger partial charge in [-0.3, -0.25) is 9.69 Å². The van der Waals surface area contributed by atoms with Crippen molar-refractivity contribution in [1.82, 2.24) is 4.98 Å². The Labute approximate surface area is 208 Å². The van der Waals surface area contributed by atoms with Gasteiger partial charge in [0, 0.05) is 17.2 Å². The van der Waals surface area contributed by atoms with E-state index in [1.807, 2.05) is 6.07 Å². The van der Waals surface area contributed by atoms with E-state index in [9.17, 15) is 23.2 Å². The fraction of sp³-hybridized carbons (Fsp3) is 0.391. The van der Waals surface area contributed by atoms with E-state index >= 15 is 0 Å². The van der Waals surface area contributed by atoms with Crippen molar-refractivity contribution in [2.75, 3.05) is 21.7 Å². The molecule has 0 radical (unpaired) electrons. The summed E-state index contributed by atoms with van der Waals surface area (Å²) in [5.74, 6) is 0.432. The van der Waals surface area contributed by atoms with Gasteiger partial charge in [0.05, 0.1) is 12.3 Å². The number of carbonyl (C=O) groups is 1. The number of nitriles is 1. The van der Waals surface area contributed by atoms with E-state index in [2.05, 4.69) is 20.9 Å². The first-order valence-corrected chi connectivity index (χ1v) is 12.0. The van der Waals surface area contributed by atoms with Crippen LogP contribution in [0.15, 0.2) is 30.5 Å². The second-order valence-electron chi connectivity index (χ2n) is 8.51. The molecule has 0 N–H and O–H groups in total. The van der Waals surface area contributed by atoms with Crippen LogP contribution in [-0.2, 0) is 11.0 Å². The predicted octanol–water partition coefficient (Wildman–Crippen LogP) is 5.54. The number of carbonyl (C=O) groups excluding carboxylic acids is 1. The van der Waals surface area contributed by atoms with Crippen LogP contribution in [0.3, 0.4) is 0 Å². The molecule has 1 saturated heterocycles. The molecule has 1 aromatic heterocycles. The van der Waals surface area contributed by atoms with Gasteiger partial charge in [0.15, 0.2) is 10.8 Å². The van der Waals surface area contributed by atoms with Crippen LogP contribution in [0.1, 0.15) is 49.4 Å². The molecule has 1 aliphatic carbocycles. The van der Waals surface area contributed by atoms with Crippen LogP contribution in [-0.4, -0.2) is 33.5 Å². The van der Waals surface area contributed by atoms with Crippen molar-refractivity contribution in [3.05, 3.63) is 47.3 Å². The summed E-state index contributed by atoms with van der Waals surface area (Å²) >= 11 is 8.91. The SMILES string of the molecule is CC1(C)C(=O)N(c2ccnc(C#N)c2C(F)(F)F)C(=S)N1c1ccc(OCCBr)c(C2CC2)c1. The zero-order valence-corrected chi connectivity index (χ0v) is 20.7. The number of anilines is 2. The van der Waals surface area contributed by atoms with E-state index in [0.29, 0.717) is 23.5 Å². The summed E-state index contributed by atoms with van der Waals surface area (Å²) < 4.78 is 47.6. The molecule has 0 unspecified atom stereocenters. The van der Waals surface area contributed by atoms with Gasteiger partial charge in [-0.1, -0.05) is 15.9 Å². The molecule has 2 heterocycles. The van der Waals surface area contributed by atoms with Crippen LogP contribution in [0.2, 0.25) is 0 Å². The van der Waals surface area contributed by atoms with Gasteiger partial charge < -0.3 is 9.64 Å². The summed E-state index contributed by atoms with van der Waals surface area (Å²) in [6.07, 6.45) is -1.82. The van der Waals surface area contributed by atoms with Crippen LogP contribution < -0.4 is 14.5 Å². The number of rotatable bonds is 6. The number of benzene rings is 1. The Balaban J connectivity index is 1.81. The average Bonchev–Trinajstić information content (AvgIpc) is 3.60. The number of halogens is 4. The second kappa shape index (κ2) is 8.82. The van der Waals surface area contributed by atoms with E-state index in [4.69, 9.17) is 17.0 Å². The molecule has 1 aromatic carbocycles. The number of hydrogen-bond acceptors (Lipinski definition) is 5. The van der Waals surface area contributed by atoms with Gasteiger partial charge in [0.1, 0.15) is 22.9 Å². The molecule has 4 rings (SSSR count). The molecular formula is C23H20BrF3N4O2S. The highest BCUT2D eigenvalue weighted by Gasteiger charge is 2.53. The van der Waals surface area contributed by atoms with Crippen LogP contribution >= 0.6 is 28.1 Å². The topological polar surface area (TPSA) is 69.5 Å². The fourth-order valence-electron chi connectivity index (χ4n) is 4.11. The lowest BCUT2D eigenvalue weighted by atomic mass is 10.0. The maximum Gasteiger partial charge on any atom is 0.421 e. The molecule has 2 aromatic rings. The van der Waals surface area contributed by atoms with Gasteiger partial charge in [-0.15, -0.1) is 0 Å². The predicted molar refractivity (Wildman–Crippen MR) is 128 cm³/mol. The molecule has 34 heavy (non-hydrogen) atoms. The van der Waals surface area contributed by atoms with Crippen molar-refractivity contribution in [2.45, 2.75) is 44.3 Å². The van der Waals surface area contributed by atoms with Crippen molar-refractivity contribution in [1.29, 1.82) is 5.26 Å². The minimum atomic E-state index is -4.91. The number of ether oxygens (including phenoxy) is 1. The maximum absolute atomic E-state index is 13.9. The first-order chi connectivity index (χ1) is 16.0. The Morgan fingerprint density at radius 3 is 2.62 bits per heavy atom. The van der Waals surface area contributed by atoms with E-state index in [1.54, 1.807) is 30.9 Å². The van der Waals surface area contributed by atoms with E-state index in [1.165, 1.54) is 6.07 Å². The number of pyridine rings is 1. The number of nitrogens with zero attached hydrogens (tertiary/aromatic N) is 4. The Morgan fingerprint density at radius 1 is 1.32 bits per heavy atom. The van der Waals surface area contributed by atoms with Crippen LogP contribution in [0, 0.1) is 11.3 Å². The molecule has 1 amide bonds. The Hall–Kier alpha value is -2.71. The van der Waals surface area contributed by atoms with Crippen molar-refractivity contribution in [3.8, 4) is 11.8 Å². The summed E-state index contributed by atoms with van der Waals surface area (Å²) in [7, 11) is 0. The monoisotopic (exact) mass is 552 g/mol. The summed E-state index contributed by atoms with van der Waals surface area (Å²) in [5.41, 5.74) is -2.32. The maximum atomic E-state index is 13.9. The first kappa shape index (κ1) is 24.4. The highest BCUT2D eigenvalue weighted by molar-refractivity contribution is 9.09. The number of thiocarbonyl (C=S) groups is 1. The zero-order valence-electron chi connectivity index (χ0n) is 18.3. The molecule has 0 atom stereocenters. The smallest absolute Gasteiger partial charge is 0.421 e. The summed E-state index contributed by atoms with van der Waals surface area (Å²) in [4.78, 5) is 19.4. The lowest BCUT2D eigenvalue weighted by Crippen LogP contribution is -2.44. The van der Waals surface area contributed by atoms with Crippen LogP contribution in [0.5, 0.6) is 5.75 Å². The molecule has 1 aliphatic heterocycles. The molecule has 1 saturated carbocycles. The second-order valence-corrected chi connectivity index (χ2v) is 9.67. The largest absolute Gasteiger partial charge is 0.492 e. The quantitative estimate of drug-likeness (QED) is 0.346. The fourth-order valence-corrected chi connectivity index (χ4v) is 4.79. The van der Waals surface area contributed by atoms with Crippen LogP contribution in [0.4, 0.5) is 24.5 Å². The standard InChI is InChI=1S/C23H20BrF3N4O2S/c1-22(2)20(32)30(17-7-9-29-16(12-28)19(17)23(25,26)27)21(34)31(22)14-5-6-18(33-10-8-24)15(11-14)13-3-4-13/h5-7,9,11,13H,3-4,8,10H2,1-2H3. The number of aromatic nitrogens is 1. The minimum Gasteiger partial charge on any atom is -0.492 e. The zero-order chi connectivity index (χ0) is 24.8. The first-order valence-electron chi connectivity index (χ1n) is 10.5. The Morgan fingerprint density at radius 2 is 2.03 bits per heavy atom. The van der Waals surface area contributed by atoms with E-state index in [-0.39, 0.29) is 5.11 Å². The van der Waals surface area contributed by atoms with E-state index < -0.39 is 34.6 Å². The molecule has 6 nitrogen and oxygen atoms in total. The summed E-state index contributed by atoms with van der Waals surface area (Å²) in [5, 5.41) is 9.78. The summed E-state index contributed by atoms with van der Waals surface area (Å²) in [6.45, 7) is 3.70. The Kier molecular flexibility index (Phi) is 6.33. The number of amides is 1. The third kappa shape index (κ3) is 4.14. The molecule has 2 fully saturated rings. The van der Waals surface area contributed by atoms with Crippen molar-refractivity contribution in [3.63, 3.8) is 0 Å². The number of hydrogen-bond donors (Lipinski definition) is 0. The number of alkyl halides is 4. The highest BCUT2D eigenvalue weighted by Crippen LogP contribution is 2.48. The lowest BCUT2D eigenvalue weighted by molar-refractivity contribution is -0.137. The van der Waals surface area contributed by atoms with Crippen molar-refractivity contribution in [2.24, 2.45) is 0 Å². The van der Waals surface area contributed by atoms with Gasteiger partial charge in [-0.2, -0.15) is 18.4 Å². The normalized spacial score (nSPS) is 17.8. The average molecular weight is 553 g/mol. The lowest BCUT2D eigenvalue weighted by Gasteiger charge is -2.30. The summed E-state index contributed by atoms with van der Waals surface area (Å²) in [6, 6.07) is 7.97. The van der Waals surface area contributed by atoms with Crippen molar-refractivity contribution < 1.29 is 22.7 Å². The van der Waals surface area contributed by atoms with Gasteiger partial charge in [0.2, 0.25) is 0 Å². The highest BCUT2D eigenvalue weighted by atomic mass is 79.9.